The normalized spacial score (nSPS) is 40.4. The van der Waals surface area contributed by atoms with Gasteiger partial charge in [-0.2, -0.15) is 0 Å². The second-order valence-electron chi connectivity index (χ2n) is 14.8. The summed E-state index contributed by atoms with van der Waals surface area (Å²) >= 11 is 0. The predicted octanol–water partition coefficient (Wildman–Crippen LogP) is 6.45. The molecule has 1 aromatic rings. The summed E-state index contributed by atoms with van der Waals surface area (Å²) in [5.41, 5.74) is 1.34. The average Bonchev–Trinajstić information content (AvgIpc) is 3.29. The van der Waals surface area contributed by atoms with Crippen molar-refractivity contribution >= 4 is 16.1 Å². The lowest BCUT2D eigenvalue weighted by Crippen LogP contribution is -2.62. The molecule has 11 atom stereocenters. The monoisotopic (exact) mass is 603 g/mol. The molecule has 8 heteroatoms. The molecular weight excluding hydrogens is 550 g/mol. The quantitative estimate of drug-likeness (QED) is 0.294. The average molecular weight is 604 g/mol. The summed E-state index contributed by atoms with van der Waals surface area (Å²) < 4.78 is 32.2. The van der Waals surface area contributed by atoms with E-state index >= 15 is 0 Å². The zero-order valence-electron chi connectivity index (χ0n) is 26.2. The largest absolute Gasteiger partial charge is 0.449 e. The molecule has 4 aliphatic carbocycles. The Kier molecular flexibility index (Phi) is 9.11. The van der Waals surface area contributed by atoms with Crippen molar-refractivity contribution in [2.45, 2.75) is 116 Å². The number of carbonyl (C=O) groups excluding carboxylic acids is 1. The molecule has 4 aliphatic rings. The minimum atomic E-state index is -3.96. The van der Waals surface area contributed by atoms with Gasteiger partial charge in [-0.05, 0) is 129 Å². The Morgan fingerprint density at radius 1 is 1.02 bits per heavy atom. The maximum atomic E-state index is 12.5. The second-order valence-corrected chi connectivity index (χ2v) is 16.5. The third-order valence-corrected chi connectivity index (χ3v) is 14.1. The first-order chi connectivity index (χ1) is 19.8. The van der Waals surface area contributed by atoms with E-state index in [-0.39, 0.29) is 40.5 Å². The number of benzene rings is 1. The van der Waals surface area contributed by atoms with Crippen LogP contribution in [-0.4, -0.2) is 43.5 Å². The summed E-state index contributed by atoms with van der Waals surface area (Å²) in [5.74, 6) is 3.08. The van der Waals surface area contributed by atoms with Crippen LogP contribution in [0.1, 0.15) is 97.5 Å². The molecule has 0 aromatic heterocycles. The first kappa shape index (κ1) is 31.8. The molecule has 5 rings (SSSR count). The summed E-state index contributed by atoms with van der Waals surface area (Å²) in [6.45, 7) is 11.6. The Hall–Kier alpha value is -1.64. The van der Waals surface area contributed by atoms with E-state index in [1.165, 1.54) is 31.4 Å². The molecule has 0 spiro atoms. The van der Waals surface area contributed by atoms with Crippen LogP contribution in [0.25, 0.3) is 0 Å². The van der Waals surface area contributed by atoms with Gasteiger partial charge >= 0.3 is 6.09 Å². The molecule has 4 fully saturated rings. The third-order valence-electron chi connectivity index (χ3n) is 12.7. The topological polar surface area (TPSA) is 113 Å². The Morgan fingerprint density at radius 2 is 1.69 bits per heavy atom. The number of hydrogen-bond acceptors (Lipinski definition) is 6. The van der Waals surface area contributed by atoms with E-state index in [9.17, 15) is 23.4 Å². The van der Waals surface area contributed by atoms with E-state index in [2.05, 4.69) is 27.7 Å². The van der Waals surface area contributed by atoms with E-state index in [0.717, 1.165) is 44.1 Å². The summed E-state index contributed by atoms with van der Waals surface area (Å²) in [5, 5.41) is 22.4. The predicted molar refractivity (Wildman–Crippen MR) is 163 cm³/mol. The van der Waals surface area contributed by atoms with Gasteiger partial charge in [0.25, 0.3) is 10.0 Å². The van der Waals surface area contributed by atoms with Gasteiger partial charge in [0.15, 0.2) is 0 Å². The minimum absolute atomic E-state index is 0.0383. The molecule has 42 heavy (non-hydrogen) atoms. The number of ether oxygens (including phenoxy) is 1. The number of aliphatic hydroxyl groups excluding tert-OH is 2. The standard InChI is InChI=1S/C34H53NO6S/c1-6-25-29-20-23(36)15-17-34(29,5)28-16-18-33(4)26(13-14-27(33)30(28)31(25)37)22(3)8-7-19-41-32(38)35-42(39,40)24-11-9-21(2)10-12-24/h9-12,22-23,25-31,36-37H,6-8,13-20H2,1-5H3,(H,35,38)/t22-,23-,25-,26?,27+,28+,29+,30+,31-,33-,34-/m1/s1. The number of aryl methyl sites for hydroxylation is 1. The van der Waals surface area contributed by atoms with Crippen molar-refractivity contribution in [3.8, 4) is 0 Å². The smallest absolute Gasteiger partial charge is 0.421 e. The first-order valence-corrected chi connectivity index (χ1v) is 17.9. The molecule has 1 unspecified atom stereocenters. The lowest BCUT2D eigenvalue weighted by Gasteiger charge is -2.64. The van der Waals surface area contributed by atoms with Crippen molar-refractivity contribution in [3.63, 3.8) is 0 Å². The number of nitrogens with one attached hydrogen (secondary N) is 1. The van der Waals surface area contributed by atoms with Crippen LogP contribution < -0.4 is 4.72 Å². The van der Waals surface area contributed by atoms with E-state index in [0.29, 0.717) is 41.9 Å². The number of fused-ring (bicyclic) bond motifs is 5. The molecule has 0 radical (unpaired) electrons. The highest BCUT2D eigenvalue weighted by molar-refractivity contribution is 7.90. The van der Waals surface area contributed by atoms with Crippen molar-refractivity contribution in [1.29, 1.82) is 0 Å². The summed E-state index contributed by atoms with van der Waals surface area (Å²) in [7, 11) is -3.96. The first-order valence-electron chi connectivity index (χ1n) is 16.4. The molecule has 0 heterocycles. The number of hydrogen-bond donors (Lipinski definition) is 3. The van der Waals surface area contributed by atoms with Gasteiger partial charge in [0.2, 0.25) is 0 Å². The van der Waals surface area contributed by atoms with Crippen LogP contribution in [0.4, 0.5) is 4.79 Å². The molecule has 4 saturated carbocycles. The Bertz CT molecular complexity index is 1220. The Labute approximate surface area is 253 Å². The minimum Gasteiger partial charge on any atom is -0.449 e. The van der Waals surface area contributed by atoms with Crippen molar-refractivity contribution in [2.75, 3.05) is 6.61 Å². The fourth-order valence-corrected chi connectivity index (χ4v) is 11.5. The van der Waals surface area contributed by atoms with Gasteiger partial charge in [0.05, 0.1) is 23.7 Å². The summed E-state index contributed by atoms with van der Waals surface area (Å²) in [4.78, 5) is 12.3. The number of amides is 1. The van der Waals surface area contributed by atoms with E-state index in [1.807, 2.05) is 11.6 Å². The van der Waals surface area contributed by atoms with Crippen LogP contribution in [0.5, 0.6) is 0 Å². The zero-order chi connectivity index (χ0) is 30.4. The van der Waals surface area contributed by atoms with Crippen LogP contribution in [0, 0.1) is 59.2 Å². The highest BCUT2D eigenvalue weighted by Crippen LogP contribution is 2.69. The van der Waals surface area contributed by atoms with Crippen LogP contribution >= 0.6 is 0 Å². The molecule has 0 saturated heterocycles. The molecule has 1 amide bonds. The fourth-order valence-electron chi connectivity index (χ4n) is 10.6. The molecule has 3 N–H and O–H groups in total. The molecule has 0 aliphatic heterocycles. The highest BCUT2D eigenvalue weighted by atomic mass is 32.2. The van der Waals surface area contributed by atoms with E-state index < -0.39 is 16.1 Å². The van der Waals surface area contributed by atoms with Crippen molar-refractivity contribution in [2.24, 2.45) is 52.3 Å². The van der Waals surface area contributed by atoms with Gasteiger partial charge in [-0.3, -0.25) is 0 Å². The van der Waals surface area contributed by atoms with Crippen LogP contribution in [-0.2, 0) is 14.8 Å². The van der Waals surface area contributed by atoms with Gasteiger partial charge < -0.3 is 14.9 Å². The SMILES string of the molecule is CC[C@H]1[C@@H](O)[C@@H]2[C@H](CC[C@]3(C)C([C@H](C)CCCOC(=O)NS(=O)(=O)c4ccc(C)cc4)CC[C@@H]23)[C@@]2(C)CC[C@@H](O)C[C@@H]12. The number of carbonyl (C=O) groups is 1. The fraction of sp³-hybridized carbons (Fsp3) is 0.794. The molecule has 0 bridgehead atoms. The molecule has 7 nitrogen and oxygen atoms in total. The Morgan fingerprint density at radius 3 is 2.38 bits per heavy atom. The van der Waals surface area contributed by atoms with Gasteiger partial charge in [-0.25, -0.2) is 17.9 Å². The number of aliphatic hydroxyl groups is 2. The lowest BCUT2D eigenvalue weighted by atomic mass is 9.41. The van der Waals surface area contributed by atoms with Gasteiger partial charge in [0, 0.05) is 0 Å². The van der Waals surface area contributed by atoms with E-state index in [1.54, 1.807) is 12.1 Å². The Balaban J connectivity index is 1.17. The maximum Gasteiger partial charge on any atom is 0.421 e. The molecular formula is C34H53NO6S. The number of sulfonamides is 1. The van der Waals surface area contributed by atoms with Crippen molar-refractivity contribution in [3.05, 3.63) is 29.8 Å². The third kappa shape index (κ3) is 5.65. The van der Waals surface area contributed by atoms with Gasteiger partial charge in [0.1, 0.15) is 0 Å². The van der Waals surface area contributed by atoms with Gasteiger partial charge in [-0.1, -0.05) is 51.8 Å². The summed E-state index contributed by atoms with van der Waals surface area (Å²) in [6, 6.07) is 6.33. The number of rotatable bonds is 8. The van der Waals surface area contributed by atoms with Gasteiger partial charge in [-0.15, -0.1) is 0 Å². The molecule has 1 aromatic carbocycles. The summed E-state index contributed by atoms with van der Waals surface area (Å²) in [6.07, 6.45) is 8.63. The second kappa shape index (κ2) is 12.0. The molecule has 236 valence electrons. The van der Waals surface area contributed by atoms with Crippen LogP contribution in [0.3, 0.4) is 0 Å². The van der Waals surface area contributed by atoms with E-state index in [4.69, 9.17) is 4.74 Å². The van der Waals surface area contributed by atoms with Crippen LogP contribution in [0.2, 0.25) is 0 Å². The van der Waals surface area contributed by atoms with Crippen molar-refractivity contribution in [1.82, 2.24) is 4.72 Å². The zero-order valence-corrected chi connectivity index (χ0v) is 27.0. The highest BCUT2D eigenvalue weighted by Gasteiger charge is 2.64. The van der Waals surface area contributed by atoms with Crippen LogP contribution in [0.15, 0.2) is 29.2 Å². The lowest BCUT2D eigenvalue weighted by molar-refractivity contribution is -0.203. The maximum absolute atomic E-state index is 12.5. The van der Waals surface area contributed by atoms with Crippen molar-refractivity contribution < 1.29 is 28.2 Å².